The van der Waals surface area contributed by atoms with E-state index in [0.29, 0.717) is 43.4 Å². The number of nitrogens with zero attached hydrogens (tertiary/aromatic N) is 1. The number of methoxy groups -OCH3 is 1. The normalized spacial score (nSPS) is 18.4. The first kappa shape index (κ1) is 30.6. The van der Waals surface area contributed by atoms with Gasteiger partial charge in [-0.25, -0.2) is 4.99 Å². The van der Waals surface area contributed by atoms with Gasteiger partial charge < -0.3 is 24.6 Å². The number of carbonyl (C=O) groups excluding carboxylic acids is 1. The van der Waals surface area contributed by atoms with Crippen LogP contribution in [-0.4, -0.2) is 49.3 Å². The second-order valence-electron chi connectivity index (χ2n) is 11.4. The first-order chi connectivity index (χ1) is 19.6. The van der Waals surface area contributed by atoms with Crippen molar-refractivity contribution in [1.29, 1.82) is 0 Å². The molecule has 0 saturated carbocycles. The van der Waals surface area contributed by atoms with Crippen molar-refractivity contribution in [3.63, 3.8) is 0 Å². The zero-order chi connectivity index (χ0) is 29.5. The number of rotatable bonds is 12. The molecule has 0 radical (unpaired) electrons. The predicted octanol–water partition coefficient (Wildman–Crippen LogP) is 6.27. The first-order valence-corrected chi connectivity index (χ1v) is 14.7. The topological polar surface area (TPSA) is 89.4 Å². The molecule has 1 aliphatic rings. The summed E-state index contributed by atoms with van der Waals surface area (Å²) in [6.07, 6.45) is 1.04. The maximum absolute atomic E-state index is 14.3. The molecule has 0 aromatic heterocycles. The largest absolute Gasteiger partial charge is 0.497 e. The molecule has 7 nitrogen and oxygen atoms in total. The Morgan fingerprint density at radius 1 is 1.07 bits per heavy atom. The molecular formula is C33H39BrN2O5. The lowest BCUT2D eigenvalue weighted by Gasteiger charge is -2.31. The second kappa shape index (κ2) is 13.5. The summed E-state index contributed by atoms with van der Waals surface area (Å²) in [7, 11) is 1.62. The lowest BCUT2D eigenvalue weighted by Crippen LogP contribution is -2.50. The van der Waals surface area contributed by atoms with Crippen LogP contribution in [0.1, 0.15) is 56.4 Å². The van der Waals surface area contributed by atoms with Gasteiger partial charge in [0.2, 0.25) is 5.90 Å². The Hall–Kier alpha value is -3.36. The average Bonchev–Trinajstić information content (AvgIpc) is 3.34. The number of aliphatic imine (C=N–C) groups is 1. The third kappa shape index (κ3) is 7.89. The number of halogens is 1. The van der Waals surface area contributed by atoms with Gasteiger partial charge in [0.05, 0.1) is 13.7 Å². The van der Waals surface area contributed by atoms with Crippen molar-refractivity contribution in [3.8, 4) is 11.5 Å². The molecule has 0 saturated heterocycles. The maximum Gasteiger partial charge on any atom is 0.252 e. The smallest absolute Gasteiger partial charge is 0.252 e. The van der Waals surface area contributed by atoms with Gasteiger partial charge in [-0.15, -0.1) is 0 Å². The number of nitrogens with one attached hydrogen (secondary N) is 1. The molecule has 218 valence electrons. The second-order valence-corrected chi connectivity index (χ2v) is 12.4. The fourth-order valence-corrected chi connectivity index (χ4v) is 4.97. The Morgan fingerprint density at radius 2 is 1.80 bits per heavy atom. The number of ether oxygens (including phenoxy) is 3. The summed E-state index contributed by atoms with van der Waals surface area (Å²) in [5.74, 6) is 1.57. The van der Waals surface area contributed by atoms with E-state index in [0.717, 1.165) is 27.6 Å². The highest BCUT2D eigenvalue weighted by Crippen LogP contribution is 2.43. The zero-order valence-corrected chi connectivity index (χ0v) is 25.7. The fraction of sp³-hybridized carbons (Fsp3) is 0.394. The number of carbonyl (C=O) groups is 1. The van der Waals surface area contributed by atoms with Gasteiger partial charge in [-0.1, -0.05) is 61.0 Å². The number of hydrogen-bond donors (Lipinski definition) is 2. The number of aliphatic hydroxyl groups excluding tert-OH is 1. The van der Waals surface area contributed by atoms with Crippen LogP contribution in [0.3, 0.4) is 0 Å². The minimum absolute atomic E-state index is 0.0694. The van der Waals surface area contributed by atoms with Gasteiger partial charge in [-0.3, -0.25) is 4.79 Å². The Bertz CT molecular complexity index is 1330. The quantitative estimate of drug-likeness (QED) is 0.232. The highest BCUT2D eigenvalue weighted by Gasteiger charge is 2.53. The van der Waals surface area contributed by atoms with Crippen molar-refractivity contribution in [3.05, 3.63) is 94.0 Å². The van der Waals surface area contributed by atoms with Crippen molar-refractivity contribution in [2.24, 2.45) is 10.4 Å². The van der Waals surface area contributed by atoms with E-state index < -0.39 is 11.6 Å². The van der Waals surface area contributed by atoms with Crippen LogP contribution >= 0.6 is 15.9 Å². The van der Waals surface area contributed by atoms with Gasteiger partial charge in [0, 0.05) is 36.0 Å². The van der Waals surface area contributed by atoms with Gasteiger partial charge in [-0.05, 0) is 71.5 Å². The van der Waals surface area contributed by atoms with Gasteiger partial charge in [-0.2, -0.15) is 0 Å². The minimum Gasteiger partial charge on any atom is -0.497 e. The van der Waals surface area contributed by atoms with Crippen molar-refractivity contribution >= 4 is 27.7 Å². The zero-order valence-electron chi connectivity index (χ0n) is 24.2. The van der Waals surface area contributed by atoms with Crippen LogP contribution < -0.4 is 14.8 Å². The first-order valence-electron chi connectivity index (χ1n) is 13.9. The Labute approximate surface area is 251 Å². The molecule has 0 bridgehead atoms. The summed E-state index contributed by atoms with van der Waals surface area (Å²) < 4.78 is 18.8. The predicted molar refractivity (Wildman–Crippen MR) is 165 cm³/mol. The van der Waals surface area contributed by atoms with Crippen LogP contribution in [0, 0.1) is 5.41 Å². The number of hydrogen-bond acceptors (Lipinski definition) is 6. The third-order valence-corrected chi connectivity index (χ3v) is 7.50. The van der Waals surface area contributed by atoms with Crippen LogP contribution in [-0.2, 0) is 16.0 Å². The van der Waals surface area contributed by atoms with Crippen LogP contribution in [0.5, 0.6) is 11.5 Å². The summed E-state index contributed by atoms with van der Waals surface area (Å²) in [6.45, 7) is 7.49. The van der Waals surface area contributed by atoms with E-state index in [1.165, 1.54) is 0 Å². The molecule has 8 heteroatoms. The number of aliphatic hydroxyl groups is 1. The fourth-order valence-electron chi connectivity index (χ4n) is 4.70. The van der Waals surface area contributed by atoms with Gasteiger partial charge in [0.15, 0.2) is 11.6 Å². The monoisotopic (exact) mass is 622 g/mol. The molecule has 0 unspecified atom stereocenters. The Balaban J connectivity index is 1.77. The molecule has 1 aliphatic heterocycles. The van der Waals surface area contributed by atoms with Crippen molar-refractivity contribution in [1.82, 2.24) is 5.32 Å². The van der Waals surface area contributed by atoms with Crippen molar-refractivity contribution in [2.45, 2.75) is 51.7 Å². The Morgan fingerprint density at radius 3 is 2.46 bits per heavy atom. The molecule has 1 amide bonds. The van der Waals surface area contributed by atoms with Crippen LogP contribution in [0.4, 0.5) is 0 Å². The molecule has 4 rings (SSSR count). The van der Waals surface area contributed by atoms with E-state index in [1.807, 2.05) is 72.8 Å². The Kier molecular flexibility index (Phi) is 10.1. The van der Waals surface area contributed by atoms with Gasteiger partial charge in [0.1, 0.15) is 11.5 Å². The minimum atomic E-state index is -1.26. The lowest BCUT2D eigenvalue weighted by atomic mass is 9.81. The van der Waals surface area contributed by atoms with E-state index in [4.69, 9.17) is 24.3 Å². The molecule has 0 aliphatic carbocycles. The lowest BCUT2D eigenvalue weighted by molar-refractivity contribution is -0.129. The number of amides is 1. The molecule has 41 heavy (non-hydrogen) atoms. The summed E-state index contributed by atoms with van der Waals surface area (Å²) in [4.78, 5) is 19.4. The molecule has 2 atom stereocenters. The highest BCUT2D eigenvalue weighted by molar-refractivity contribution is 9.10. The van der Waals surface area contributed by atoms with Crippen LogP contribution in [0.25, 0.3) is 0 Å². The van der Waals surface area contributed by atoms with Crippen molar-refractivity contribution < 1.29 is 24.1 Å². The molecule has 3 aromatic rings. The van der Waals surface area contributed by atoms with E-state index in [-0.39, 0.29) is 17.9 Å². The molecule has 0 spiro atoms. The summed E-state index contributed by atoms with van der Waals surface area (Å²) in [5.41, 5.74) is 1.32. The van der Waals surface area contributed by atoms with Crippen LogP contribution in [0.2, 0.25) is 0 Å². The molecule has 0 fully saturated rings. The average molecular weight is 624 g/mol. The molecule has 1 heterocycles. The summed E-state index contributed by atoms with van der Waals surface area (Å²) >= 11 is 3.52. The van der Waals surface area contributed by atoms with Gasteiger partial charge >= 0.3 is 0 Å². The van der Waals surface area contributed by atoms with E-state index in [2.05, 4.69) is 42.0 Å². The van der Waals surface area contributed by atoms with E-state index in [1.54, 1.807) is 7.11 Å². The third-order valence-electron chi connectivity index (χ3n) is 6.97. The number of benzene rings is 3. The molecular weight excluding hydrogens is 584 g/mol. The summed E-state index contributed by atoms with van der Waals surface area (Å²) in [5, 5.41) is 12.2. The van der Waals surface area contributed by atoms with Crippen molar-refractivity contribution in [2.75, 3.05) is 26.9 Å². The summed E-state index contributed by atoms with van der Waals surface area (Å²) in [6, 6.07) is 23.0. The molecule has 3 aromatic carbocycles. The van der Waals surface area contributed by atoms with Gasteiger partial charge in [0.25, 0.3) is 5.91 Å². The SMILES string of the molecule is COc1cccc([C@H]2OC(c3ccc(OCCCO)cc3)=N[C@@]2(Cc2ccc(Br)cc2)C(=O)NCCC(C)(C)C)c1. The maximum atomic E-state index is 14.3. The van der Waals surface area contributed by atoms with E-state index in [9.17, 15) is 4.79 Å². The standard InChI is InChI=1S/C33H39BrN2O5/c1-32(2,3)17-18-35-31(38)33(22-23-9-13-26(34)14-10-23)29(25-7-5-8-28(21-25)39-4)41-30(36-33)24-11-15-27(16-12-24)40-20-6-19-37/h5,7-16,21,29,37H,6,17-20,22H2,1-4H3,(H,35,38)/t29-,33-/m1/s1. The molecule has 2 N–H and O–H groups in total. The highest BCUT2D eigenvalue weighted by atomic mass is 79.9. The van der Waals surface area contributed by atoms with Crippen LogP contribution in [0.15, 0.2) is 82.3 Å². The van der Waals surface area contributed by atoms with E-state index >= 15 is 0 Å².